The minimum Gasteiger partial charge on any atom is -0.270 e. The molecule has 0 spiro atoms. The van der Waals surface area contributed by atoms with E-state index in [2.05, 4.69) is 46.8 Å². The minimum atomic E-state index is 0.665. The van der Waals surface area contributed by atoms with Gasteiger partial charge in [0, 0.05) is 27.0 Å². The van der Waals surface area contributed by atoms with Crippen molar-refractivity contribution in [2.75, 3.05) is 0 Å². The lowest BCUT2D eigenvalue weighted by Gasteiger charge is -2.12. The summed E-state index contributed by atoms with van der Waals surface area (Å²) >= 11 is 14.0. The third kappa shape index (κ3) is 4.50. The molecule has 0 atom stereocenters. The van der Waals surface area contributed by atoms with Crippen LogP contribution in [-0.2, 0) is 5.75 Å². The molecule has 146 valence electrons. The lowest BCUT2D eigenvalue weighted by atomic mass is 10.1. The highest BCUT2D eigenvalue weighted by molar-refractivity contribution is 7.98. The Morgan fingerprint density at radius 3 is 2.41 bits per heavy atom. The Morgan fingerprint density at radius 1 is 0.862 bits per heavy atom. The topological polar surface area (TPSA) is 30.7 Å². The first-order chi connectivity index (χ1) is 14.0. The van der Waals surface area contributed by atoms with Gasteiger partial charge in [0.1, 0.15) is 0 Å². The number of aryl methyl sites for hydroxylation is 2. The second-order valence-electron chi connectivity index (χ2n) is 6.85. The molecule has 0 saturated heterocycles. The van der Waals surface area contributed by atoms with Crippen LogP contribution in [0, 0.1) is 13.8 Å². The summed E-state index contributed by atoms with van der Waals surface area (Å²) < 4.78 is 2.05. The highest BCUT2D eigenvalue weighted by Crippen LogP contribution is 2.31. The lowest BCUT2D eigenvalue weighted by Crippen LogP contribution is -2.00. The monoisotopic (exact) mass is 439 g/mol. The van der Waals surface area contributed by atoms with Crippen molar-refractivity contribution in [2.24, 2.45) is 0 Å². The van der Waals surface area contributed by atoms with Gasteiger partial charge in [0.05, 0.1) is 0 Å². The third-order valence-corrected chi connectivity index (χ3v) is 6.13. The van der Waals surface area contributed by atoms with Gasteiger partial charge in [0.15, 0.2) is 11.0 Å². The van der Waals surface area contributed by atoms with Gasteiger partial charge in [-0.25, -0.2) is 0 Å². The van der Waals surface area contributed by atoms with E-state index in [1.807, 2.05) is 48.5 Å². The molecule has 29 heavy (non-hydrogen) atoms. The molecule has 0 fully saturated rings. The number of rotatable bonds is 5. The number of hydrogen-bond donors (Lipinski definition) is 0. The number of benzene rings is 3. The first kappa shape index (κ1) is 20.0. The van der Waals surface area contributed by atoms with Gasteiger partial charge >= 0.3 is 0 Å². The zero-order valence-corrected chi connectivity index (χ0v) is 18.4. The van der Waals surface area contributed by atoms with E-state index >= 15 is 0 Å². The van der Waals surface area contributed by atoms with Gasteiger partial charge in [-0.2, -0.15) is 0 Å². The molecule has 0 aliphatic heterocycles. The van der Waals surface area contributed by atoms with E-state index < -0.39 is 0 Å². The van der Waals surface area contributed by atoms with Gasteiger partial charge in [-0.1, -0.05) is 70.9 Å². The van der Waals surface area contributed by atoms with Gasteiger partial charge < -0.3 is 0 Å². The van der Waals surface area contributed by atoms with Gasteiger partial charge in [0.25, 0.3) is 0 Å². The summed E-state index contributed by atoms with van der Waals surface area (Å²) in [5.74, 6) is 1.56. The van der Waals surface area contributed by atoms with Gasteiger partial charge in [-0.15, -0.1) is 10.2 Å². The van der Waals surface area contributed by atoms with Crippen LogP contribution in [0.3, 0.4) is 0 Å². The van der Waals surface area contributed by atoms with Crippen LogP contribution >= 0.6 is 35.0 Å². The molecule has 0 aliphatic rings. The van der Waals surface area contributed by atoms with Crippen LogP contribution in [-0.4, -0.2) is 14.8 Å². The first-order valence-electron chi connectivity index (χ1n) is 9.17. The molecule has 3 nitrogen and oxygen atoms in total. The molecule has 0 unspecified atom stereocenters. The summed E-state index contributed by atoms with van der Waals surface area (Å²) in [7, 11) is 0. The van der Waals surface area contributed by atoms with Crippen molar-refractivity contribution in [1.82, 2.24) is 14.8 Å². The fourth-order valence-corrected chi connectivity index (χ4v) is 4.43. The van der Waals surface area contributed by atoms with Crippen molar-refractivity contribution in [3.05, 3.63) is 93.5 Å². The first-order valence-corrected chi connectivity index (χ1v) is 10.9. The van der Waals surface area contributed by atoms with Crippen LogP contribution in [0.25, 0.3) is 17.1 Å². The van der Waals surface area contributed by atoms with Gasteiger partial charge in [-0.05, 0) is 61.4 Å². The lowest BCUT2D eigenvalue weighted by molar-refractivity contribution is 0.886. The molecule has 0 radical (unpaired) electrons. The van der Waals surface area contributed by atoms with Crippen molar-refractivity contribution in [3.8, 4) is 17.1 Å². The number of halogens is 2. The zero-order chi connectivity index (χ0) is 20.4. The predicted molar refractivity (Wildman–Crippen MR) is 122 cm³/mol. The Hall–Kier alpha value is -2.27. The summed E-state index contributed by atoms with van der Waals surface area (Å²) in [5.41, 5.74) is 5.70. The number of hydrogen-bond acceptors (Lipinski definition) is 3. The zero-order valence-electron chi connectivity index (χ0n) is 16.1. The van der Waals surface area contributed by atoms with Crippen molar-refractivity contribution < 1.29 is 0 Å². The van der Waals surface area contributed by atoms with Crippen LogP contribution in [0.1, 0.15) is 16.7 Å². The van der Waals surface area contributed by atoms with Gasteiger partial charge in [0.2, 0.25) is 0 Å². The van der Waals surface area contributed by atoms with E-state index in [9.17, 15) is 0 Å². The Bertz CT molecular complexity index is 1150. The smallest absolute Gasteiger partial charge is 0.196 e. The van der Waals surface area contributed by atoms with Crippen molar-refractivity contribution in [2.45, 2.75) is 24.8 Å². The molecule has 6 heteroatoms. The summed E-state index contributed by atoms with van der Waals surface area (Å²) in [6, 6.07) is 21.9. The van der Waals surface area contributed by atoms with Crippen LogP contribution in [0.2, 0.25) is 10.0 Å². The van der Waals surface area contributed by atoms with Crippen LogP contribution in [0.5, 0.6) is 0 Å². The van der Waals surface area contributed by atoms with Gasteiger partial charge in [-0.3, -0.25) is 4.57 Å². The molecule has 4 rings (SSSR count). The van der Waals surface area contributed by atoms with Crippen molar-refractivity contribution in [1.29, 1.82) is 0 Å². The summed E-state index contributed by atoms with van der Waals surface area (Å²) in [6.45, 7) is 4.25. The molecule has 0 amide bonds. The van der Waals surface area contributed by atoms with E-state index in [1.54, 1.807) is 11.8 Å². The normalized spacial score (nSPS) is 11.0. The molecule has 0 aliphatic carbocycles. The van der Waals surface area contributed by atoms with E-state index in [-0.39, 0.29) is 0 Å². The minimum absolute atomic E-state index is 0.665. The van der Waals surface area contributed by atoms with E-state index in [0.717, 1.165) is 28.0 Å². The molecule has 4 aromatic rings. The van der Waals surface area contributed by atoms with Crippen LogP contribution in [0.15, 0.2) is 71.9 Å². The average molecular weight is 440 g/mol. The summed E-state index contributed by atoms with van der Waals surface area (Å²) in [4.78, 5) is 0. The van der Waals surface area contributed by atoms with Crippen LogP contribution in [0.4, 0.5) is 0 Å². The Morgan fingerprint density at radius 2 is 1.66 bits per heavy atom. The Balaban J connectivity index is 1.75. The molecule has 0 N–H and O–H groups in total. The molecule has 0 bridgehead atoms. The SMILES string of the molecule is Cc1ccc(C)c(CSc2nnc(-c3cccc(Cl)c3)n2-c2ccc(Cl)cc2)c1. The van der Waals surface area contributed by atoms with E-state index in [0.29, 0.717) is 10.0 Å². The second-order valence-corrected chi connectivity index (χ2v) is 8.66. The van der Waals surface area contributed by atoms with Crippen LogP contribution < -0.4 is 0 Å². The number of aromatic nitrogens is 3. The maximum atomic E-state index is 6.21. The average Bonchev–Trinajstić information content (AvgIpc) is 3.13. The Labute approximate surface area is 184 Å². The second kappa shape index (κ2) is 8.62. The standard InChI is InChI=1S/C23H19Cl2N3S/c1-15-6-7-16(2)18(12-15)14-29-23-27-26-22(17-4-3-5-20(25)13-17)28(23)21-10-8-19(24)9-11-21/h3-13H,14H2,1-2H3. The van der Waals surface area contributed by atoms with Crippen molar-refractivity contribution >= 4 is 35.0 Å². The van der Waals surface area contributed by atoms with E-state index in [4.69, 9.17) is 23.2 Å². The summed E-state index contributed by atoms with van der Waals surface area (Å²) in [6.07, 6.45) is 0. The molecular weight excluding hydrogens is 421 g/mol. The number of nitrogens with zero attached hydrogens (tertiary/aromatic N) is 3. The molecule has 1 heterocycles. The maximum Gasteiger partial charge on any atom is 0.196 e. The molecule has 1 aromatic heterocycles. The Kier molecular flexibility index (Phi) is 5.95. The fraction of sp³-hybridized carbons (Fsp3) is 0.130. The molecular formula is C23H19Cl2N3S. The largest absolute Gasteiger partial charge is 0.270 e. The van der Waals surface area contributed by atoms with E-state index in [1.165, 1.54) is 16.7 Å². The molecule has 0 saturated carbocycles. The highest BCUT2D eigenvalue weighted by Gasteiger charge is 2.17. The third-order valence-electron chi connectivity index (χ3n) is 4.66. The predicted octanol–water partition coefficient (Wildman–Crippen LogP) is 7.15. The maximum absolute atomic E-state index is 6.21. The number of thioether (sulfide) groups is 1. The van der Waals surface area contributed by atoms with Crippen molar-refractivity contribution in [3.63, 3.8) is 0 Å². The quantitative estimate of drug-likeness (QED) is 0.309. The summed E-state index contributed by atoms with van der Waals surface area (Å²) in [5, 5.41) is 11.1. The molecule has 3 aromatic carbocycles. The fourth-order valence-electron chi connectivity index (χ4n) is 3.10. The highest BCUT2D eigenvalue weighted by atomic mass is 35.5.